The van der Waals surface area contributed by atoms with Crippen LogP contribution in [0.1, 0.15) is 5.76 Å². The minimum absolute atomic E-state index is 0.318. The molecule has 5 nitrogen and oxygen atoms in total. The lowest BCUT2D eigenvalue weighted by Crippen LogP contribution is -1.82. The van der Waals surface area contributed by atoms with Crippen molar-refractivity contribution in [3.05, 3.63) is 40.2 Å². The van der Waals surface area contributed by atoms with Gasteiger partial charge in [-0.1, -0.05) is 0 Å². The Morgan fingerprint density at radius 3 is 2.85 bits per heavy atom. The Balaban J connectivity index is 2.80. The smallest absolute Gasteiger partial charge is 0.401 e. The van der Waals surface area contributed by atoms with E-state index in [1.807, 2.05) is 0 Å². The maximum absolute atomic E-state index is 10.2. The largest absolute Gasteiger partial charge is 0.433 e. The summed E-state index contributed by atoms with van der Waals surface area (Å²) in [6, 6.07) is 2.68. The summed E-state index contributed by atoms with van der Waals surface area (Å²) in [6.45, 7) is 0. The maximum Gasteiger partial charge on any atom is 0.433 e. The molecule has 0 fully saturated rings. The second-order valence-corrected chi connectivity index (χ2v) is 2.08. The molecule has 0 saturated heterocycles. The first kappa shape index (κ1) is 8.96. The molecule has 5 heteroatoms. The number of hydrogen-bond donors (Lipinski definition) is 0. The van der Waals surface area contributed by atoms with Gasteiger partial charge in [0.25, 0.3) is 0 Å². The summed E-state index contributed by atoms with van der Waals surface area (Å²) in [6.07, 6.45) is 3.95. The van der Waals surface area contributed by atoms with Gasteiger partial charge in [-0.2, -0.15) is 0 Å². The molecule has 0 bridgehead atoms. The lowest BCUT2D eigenvalue weighted by molar-refractivity contribution is -0.402. The summed E-state index contributed by atoms with van der Waals surface area (Å²) >= 11 is 0. The van der Waals surface area contributed by atoms with E-state index in [1.54, 1.807) is 0 Å². The summed E-state index contributed by atoms with van der Waals surface area (Å²) < 4.78 is 4.76. The zero-order valence-corrected chi connectivity index (χ0v) is 6.47. The van der Waals surface area contributed by atoms with E-state index >= 15 is 0 Å². The molecule has 0 radical (unpaired) electrons. The van der Waals surface area contributed by atoms with E-state index in [4.69, 9.17) is 4.42 Å². The van der Waals surface area contributed by atoms with Gasteiger partial charge in [-0.25, -0.2) is 4.79 Å². The van der Waals surface area contributed by atoms with Gasteiger partial charge in [0.15, 0.2) is 0 Å². The van der Waals surface area contributed by atoms with E-state index < -0.39 is 4.92 Å². The normalized spacial score (nSPS) is 9.85. The molecule has 0 atom stereocenters. The molecular formula is C8H5NO4. The van der Waals surface area contributed by atoms with Gasteiger partial charge in [0.2, 0.25) is 0 Å². The Bertz CT molecular complexity index is 385. The Hall–Kier alpha value is -2.13. The maximum atomic E-state index is 10.2. The van der Waals surface area contributed by atoms with Gasteiger partial charge in [0.05, 0.1) is 6.07 Å². The van der Waals surface area contributed by atoms with E-state index in [1.165, 1.54) is 30.2 Å². The molecule has 13 heavy (non-hydrogen) atoms. The van der Waals surface area contributed by atoms with E-state index in [-0.39, 0.29) is 5.88 Å². The Kier molecular flexibility index (Phi) is 2.78. The predicted octanol–water partition coefficient (Wildman–Crippen LogP) is 1.59. The topological polar surface area (TPSA) is 73.3 Å². The van der Waals surface area contributed by atoms with E-state index in [0.717, 1.165) is 6.08 Å². The van der Waals surface area contributed by atoms with Crippen molar-refractivity contribution < 1.29 is 14.1 Å². The fourth-order valence-corrected chi connectivity index (χ4v) is 0.712. The van der Waals surface area contributed by atoms with E-state index in [0.29, 0.717) is 5.76 Å². The monoisotopic (exact) mass is 179 g/mol. The lowest BCUT2D eigenvalue weighted by Gasteiger charge is -1.81. The minimum atomic E-state index is -0.632. The zero-order valence-electron chi connectivity index (χ0n) is 6.47. The highest BCUT2D eigenvalue weighted by atomic mass is 16.6. The van der Waals surface area contributed by atoms with Crippen LogP contribution in [0, 0.1) is 10.1 Å². The quantitative estimate of drug-likeness (QED) is 0.305. The number of carbonyl (C=O) groups excluding carboxylic acids is 1. The second kappa shape index (κ2) is 4.04. The molecule has 0 N–H and O–H groups in total. The Morgan fingerprint density at radius 1 is 1.54 bits per heavy atom. The first-order valence-corrected chi connectivity index (χ1v) is 3.36. The third-order valence-corrected chi connectivity index (χ3v) is 1.22. The van der Waals surface area contributed by atoms with Crippen molar-refractivity contribution in [2.75, 3.05) is 0 Å². The van der Waals surface area contributed by atoms with E-state index in [9.17, 15) is 14.9 Å². The van der Waals surface area contributed by atoms with Crippen LogP contribution in [0.5, 0.6) is 0 Å². The van der Waals surface area contributed by atoms with Crippen molar-refractivity contribution in [2.24, 2.45) is 0 Å². The van der Waals surface area contributed by atoms with Gasteiger partial charge in [0, 0.05) is 6.08 Å². The summed E-state index contributed by atoms with van der Waals surface area (Å²) in [4.78, 5) is 19.3. The molecule has 0 amide bonds. The number of rotatable bonds is 3. The third-order valence-electron chi connectivity index (χ3n) is 1.22. The highest BCUT2D eigenvalue weighted by Crippen LogP contribution is 2.16. The van der Waals surface area contributed by atoms with Gasteiger partial charge < -0.3 is 4.42 Å². The van der Waals surface area contributed by atoms with Crippen molar-refractivity contribution in [1.82, 2.24) is 0 Å². The van der Waals surface area contributed by atoms with Crippen LogP contribution in [0.2, 0.25) is 0 Å². The highest BCUT2D eigenvalue weighted by molar-refractivity contribution is 5.55. The van der Waals surface area contributed by atoms with Gasteiger partial charge in [-0.05, 0) is 18.2 Å². The number of nitrogens with zero attached hydrogens (tertiary/aromatic N) is 1. The van der Waals surface area contributed by atoms with Crippen LogP contribution >= 0.6 is 0 Å². The summed E-state index contributed by atoms with van der Waals surface area (Å²) in [7, 11) is 0. The molecule has 66 valence electrons. The summed E-state index contributed by atoms with van der Waals surface area (Å²) in [5.74, 6) is 1.52. The molecule has 1 heterocycles. The van der Waals surface area contributed by atoms with Crippen molar-refractivity contribution in [1.29, 1.82) is 0 Å². The zero-order chi connectivity index (χ0) is 9.68. The van der Waals surface area contributed by atoms with Crippen LogP contribution < -0.4 is 0 Å². The first-order chi connectivity index (χ1) is 6.24. The van der Waals surface area contributed by atoms with Crippen molar-refractivity contribution in [3.8, 4) is 0 Å². The molecule has 0 aliphatic rings. The third kappa shape index (κ3) is 2.43. The van der Waals surface area contributed by atoms with Crippen LogP contribution in [0.25, 0.3) is 6.08 Å². The second-order valence-electron chi connectivity index (χ2n) is 2.08. The molecule has 0 aliphatic heterocycles. The fraction of sp³-hybridized carbons (Fsp3) is 0. The minimum Gasteiger partial charge on any atom is -0.401 e. The number of furan rings is 1. The average Bonchev–Trinajstić information content (AvgIpc) is 2.53. The highest BCUT2D eigenvalue weighted by Gasteiger charge is 2.09. The molecular weight excluding hydrogens is 174 g/mol. The number of hydrogen-bond acceptors (Lipinski definition) is 4. The fourth-order valence-electron chi connectivity index (χ4n) is 0.712. The van der Waals surface area contributed by atoms with E-state index in [2.05, 4.69) is 0 Å². The van der Waals surface area contributed by atoms with Gasteiger partial charge in [-0.15, -0.1) is 0 Å². The van der Waals surface area contributed by atoms with Gasteiger partial charge >= 0.3 is 5.88 Å². The van der Waals surface area contributed by atoms with Crippen LogP contribution in [0.4, 0.5) is 5.88 Å². The molecule has 1 rings (SSSR count). The van der Waals surface area contributed by atoms with Crippen LogP contribution in [0.3, 0.4) is 0 Å². The SMILES string of the molecule is O=C=CC=Cc1ccc([N+](=O)[O-])o1. The molecule has 0 aromatic carbocycles. The standard InChI is InChI=1S/C8H5NO4/c10-6-2-1-3-7-4-5-8(13-7)9(11)12/h1-5H. The molecule has 1 aromatic rings. The lowest BCUT2D eigenvalue weighted by atomic mass is 10.4. The summed E-state index contributed by atoms with van der Waals surface area (Å²) in [5, 5.41) is 10.2. The average molecular weight is 179 g/mol. The molecule has 0 saturated carbocycles. The molecule has 1 aromatic heterocycles. The molecule has 0 spiro atoms. The van der Waals surface area contributed by atoms with Crippen molar-refractivity contribution in [2.45, 2.75) is 0 Å². The summed E-state index contributed by atoms with van der Waals surface area (Å²) in [5.41, 5.74) is 0. The van der Waals surface area contributed by atoms with Gasteiger partial charge in [0.1, 0.15) is 16.6 Å². The van der Waals surface area contributed by atoms with Crippen LogP contribution in [0.15, 0.2) is 28.7 Å². The van der Waals surface area contributed by atoms with Crippen LogP contribution in [-0.2, 0) is 4.79 Å². The predicted molar refractivity (Wildman–Crippen MR) is 44.7 cm³/mol. The Labute approximate surface area is 73.1 Å². The molecule has 0 aliphatic carbocycles. The van der Waals surface area contributed by atoms with Crippen LogP contribution in [-0.4, -0.2) is 10.9 Å². The number of allylic oxidation sites excluding steroid dienone is 2. The molecule has 0 unspecified atom stereocenters. The van der Waals surface area contributed by atoms with Gasteiger partial charge in [-0.3, -0.25) is 10.1 Å². The van der Waals surface area contributed by atoms with Crippen molar-refractivity contribution in [3.63, 3.8) is 0 Å². The van der Waals surface area contributed by atoms with Crippen molar-refractivity contribution >= 4 is 17.9 Å². The number of nitro groups is 1. The Morgan fingerprint density at radius 2 is 2.31 bits per heavy atom. The first-order valence-electron chi connectivity index (χ1n) is 3.36.